The Kier molecular flexibility index (Phi) is 4.97. The summed E-state index contributed by atoms with van der Waals surface area (Å²) in [4.78, 5) is 12.4. The third-order valence-corrected chi connectivity index (χ3v) is 5.01. The lowest BCUT2D eigenvalue weighted by molar-refractivity contribution is -0.120. The molecule has 1 saturated heterocycles. The molecule has 1 aliphatic carbocycles. The third-order valence-electron chi connectivity index (χ3n) is 5.01. The molecule has 1 saturated carbocycles. The average molecular weight is 316 g/mol. The van der Waals surface area contributed by atoms with Gasteiger partial charge in [0, 0.05) is 37.5 Å². The van der Waals surface area contributed by atoms with Crippen LogP contribution < -0.4 is 5.32 Å². The zero-order valence-electron chi connectivity index (χ0n) is 13.6. The van der Waals surface area contributed by atoms with Crippen molar-refractivity contribution in [1.82, 2.24) is 9.78 Å². The first kappa shape index (κ1) is 16.0. The van der Waals surface area contributed by atoms with Gasteiger partial charge in [0.25, 0.3) is 0 Å². The SMILES string of the molecule is Cn1nc(C2CCCOC2)cc1NC(=O)C1CCC(C#N)CC1. The molecule has 0 radical (unpaired) electrons. The Bertz CT molecular complexity index is 590. The largest absolute Gasteiger partial charge is 0.381 e. The van der Waals surface area contributed by atoms with Crippen molar-refractivity contribution in [1.29, 1.82) is 5.26 Å². The minimum atomic E-state index is 0.0102. The number of ether oxygens (including phenoxy) is 1. The van der Waals surface area contributed by atoms with Crippen LogP contribution in [0.1, 0.15) is 50.1 Å². The van der Waals surface area contributed by atoms with Gasteiger partial charge in [0.05, 0.1) is 18.4 Å². The fourth-order valence-electron chi connectivity index (χ4n) is 3.49. The molecule has 1 unspecified atom stereocenters. The number of nitrogens with one attached hydrogen (secondary N) is 1. The van der Waals surface area contributed by atoms with E-state index in [9.17, 15) is 4.79 Å². The fraction of sp³-hybridized carbons (Fsp3) is 0.706. The number of carbonyl (C=O) groups is 1. The van der Waals surface area contributed by atoms with Gasteiger partial charge in [-0.3, -0.25) is 9.48 Å². The molecule has 1 aliphatic heterocycles. The second-order valence-electron chi connectivity index (χ2n) is 6.66. The number of aryl methyl sites for hydroxylation is 1. The van der Waals surface area contributed by atoms with Crippen LogP contribution in [0.2, 0.25) is 0 Å². The summed E-state index contributed by atoms with van der Waals surface area (Å²) in [6.07, 6.45) is 5.39. The molecule has 2 fully saturated rings. The number of nitriles is 1. The molecule has 124 valence electrons. The molecule has 6 nitrogen and oxygen atoms in total. The smallest absolute Gasteiger partial charge is 0.228 e. The minimum Gasteiger partial charge on any atom is -0.381 e. The monoisotopic (exact) mass is 316 g/mol. The van der Waals surface area contributed by atoms with E-state index in [0.717, 1.165) is 56.6 Å². The summed E-state index contributed by atoms with van der Waals surface area (Å²) < 4.78 is 7.26. The van der Waals surface area contributed by atoms with Crippen molar-refractivity contribution >= 4 is 11.7 Å². The molecular weight excluding hydrogens is 292 g/mol. The lowest BCUT2D eigenvalue weighted by Gasteiger charge is -2.23. The van der Waals surface area contributed by atoms with E-state index in [-0.39, 0.29) is 17.7 Å². The molecule has 3 rings (SSSR count). The topological polar surface area (TPSA) is 79.9 Å². The van der Waals surface area contributed by atoms with Crippen molar-refractivity contribution in [3.8, 4) is 6.07 Å². The van der Waals surface area contributed by atoms with Crippen LogP contribution in [-0.2, 0) is 16.6 Å². The molecule has 0 aromatic carbocycles. The standard InChI is InChI=1S/C17H24N4O2/c1-21-16(9-15(20-21)14-3-2-8-23-11-14)19-17(22)13-6-4-12(10-18)5-7-13/h9,12-14H,2-8,11H2,1H3,(H,19,22). The number of anilines is 1. The van der Waals surface area contributed by atoms with Crippen LogP contribution in [0.25, 0.3) is 0 Å². The van der Waals surface area contributed by atoms with Crippen LogP contribution in [0.4, 0.5) is 5.82 Å². The first-order valence-electron chi connectivity index (χ1n) is 8.49. The Labute approximate surface area is 136 Å². The van der Waals surface area contributed by atoms with Crippen molar-refractivity contribution in [2.24, 2.45) is 18.9 Å². The van der Waals surface area contributed by atoms with Crippen molar-refractivity contribution in [2.75, 3.05) is 18.5 Å². The highest BCUT2D eigenvalue weighted by Crippen LogP contribution is 2.30. The van der Waals surface area contributed by atoms with Gasteiger partial charge in [0.1, 0.15) is 5.82 Å². The van der Waals surface area contributed by atoms with Gasteiger partial charge in [0.15, 0.2) is 0 Å². The van der Waals surface area contributed by atoms with Gasteiger partial charge in [-0.15, -0.1) is 0 Å². The molecule has 1 aromatic heterocycles. The zero-order chi connectivity index (χ0) is 16.2. The Morgan fingerprint density at radius 3 is 2.83 bits per heavy atom. The highest BCUT2D eigenvalue weighted by atomic mass is 16.5. The third kappa shape index (κ3) is 3.73. The summed E-state index contributed by atoms with van der Waals surface area (Å²) in [5, 5.41) is 16.5. The van der Waals surface area contributed by atoms with Crippen LogP contribution in [0.3, 0.4) is 0 Å². The van der Waals surface area contributed by atoms with Crippen LogP contribution in [-0.4, -0.2) is 28.9 Å². The van der Waals surface area contributed by atoms with Gasteiger partial charge in [-0.2, -0.15) is 10.4 Å². The molecule has 6 heteroatoms. The van der Waals surface area contributed by atoms with E-state index in [2.05, 4.69) is 16.5 Å². The van der Waals surface area contributed by atoms with Crippen LogP contribution >= 0.6 is 0 Å². The quantitative estimate of drug-likeness (QED) is 0.929. The Morgan fingerprint density at radius 1 is 1.39 bits per heavy atom. The number of rotatable bonds is 3. The molecule has 23 heavy (non-hydrogen) atoms. The van der Waals surface area contributed by atoms with E-state index in [1.165, 1.54) is 0 Å². The molecule has 0 spiro atoms. The highest BCUT2D eigenvalue weighted by Gasteiger charge is 2.27. The van der Waals surface area contributed by atoms with Gasteiger partial charge in [-0.1, -0.05) is 0 Å². The maximum Gasteiger partial charge on any atom is 0.228 e. The lowest BCUT2D eigenvalue weighted by atomic mass is 9.82. The number of hydrogen-bond donors (Lipinski definition) is 1. The average Bonchev–Trinajstić information content (AvgIpc) is 2.96. The predicted octanol–water partition coefficient (Wildman–Crippen LogP) is 2.58. The normalized spacial score (nSPS) is 28.1. The van der Waals surface area contributed by atoms with E-state index in [4.69, 9.17) is 10.00 Å². The first-order valence-corrected chi connectivity index (χ1v) is 8.49. The predicted molar refractivity (Wildman–Crippen MR) is 85.7 cm³/mol. The van der Waals surface area contributed by atoms with Crippen molar-refractivity contribution in [2.45, 2.75) is 44.4 Å². The molecule has 2 heterocycles. The molecule has 1 aromatic rings. The van der Waals surface area contributed by atoms with E-state index < -0.39 is 0 Å². The summed E-state index contributed by atoms with van der Waals surface area (Å²) in [6, 6.07) is 4.27. The maximum atomic E-state index is 12.4. The van der Waals surface area contributed by atoms with Crippen LogP contribution in [0.5, 0.6) is 0 Å². The van der Waals surface area contributed by atoms with Gasteiger partial charge in [-0.25, -0.2) is 0 Å². The van der Waals surface area contributed by atoms with E-state index >= 15 is 0 Å². The minimum absolute atomic E-state index is 0.0102. The number of aromatic nitrogens is 2. The molecule has 0 bridgehead atoms. The van der Waals surface area contributed by atoms with Crippen molar-refractivity contribution in [3.63, 3.8) is 0 Å². The summed E-state index contributed by atoms with van der Waals surface area (Å²) in [5.74, 6) is 1.25. The van der Waals surface area contributed by atoms with E-state index in [1.54, 1.807) is 4.68 Å². The second kappa shape index (κ2) is 7.14. The van der Waals surface area contributed by atoms with Gasteiger partial charge >= 0.3 is 0 Å². The van der Waals surface area contributed by atoms with Gasteiger partial charge < -0.3 is 10.1 Å². The Hall–Kier alpha value is -1.87. The zero-order valence-corrected chi connectivity index (χ0v) is 13.6. The molecule has 1 atom stereocenters. The summed E-state index contributed by atoms with van der Waals surface area (Å²) in [7, 11) is 1.86. The molecule has 2 aliphatic rings. The lowest BCUT2D eigenvalue weighted by Crippen LogP contribution is -2.27. The fourth-order valence-corrected chi connectivity index (χ4v) is 3.49. The maximum absolute atomic E-state index is 12.4. The first-order chi connectivity index (χ1) is 11.2. The molecular formula is C17H24N4O2. The highest BCUT2D eigenvalue weighted by molar-refractivity contribution is 5.91. The van der Waals surface area contributed by atoms with Gasteiger partial charge in [0.2, 0.25) is 5.91 Å². The Morgan fingerprint density at radius 2 is 2.17 bits per heavy atom. The second-order valence-corrected chi connectivity index (χ2v) is 6.66. The van der Waals surface area contributed by atoms with Crippen molar-refractivity contribution < 1.29 is 9.53 Å². The summed E-state index contributed by atoms with van der Waals surface area (Å²) in [6.45, 7) is 1.54. The van der Waals surface area contributed by atoms with E-state index in [0.29, 0.717) is 12.5 Å². The number of carbonyl (C=O) groups excluding carboxylic acids is 1. The summed E-state index contributed by atoms with van der Waals surface area (Å²) in [5.41, 5.74) is 0.996. The number of hydrogen-bond acceptors (Lipinski definition) is 4. The Balaban J connectivity index is 1.60. The number of nitrogens with zero attached hydrogens (tertiary/aromatic N) is 3. The summed E-state index contributed by atoms with van der Waals surface area (Å²) >= 11 is 0. The number of amides is 1. The van der Waals surface area contributed by atoms with Gasteiger partial charge in [-0.05, 0) is 38.5 Å². The molecule has 1 amide bonds. The van der Waals surface area contributed by atoms with Crippen LogP contribution in [0, 0.1) is 23.2 Å². The van der Waals surface area contributed by atoms with Crippen molar-refractivity contribution in [3.05, 3.63) is 11.8 Å². The molecule has 1 N–H and O–H groups in total. The van der Waals surface area contributed by atoms with Crippen LogP contribution in [0.15, 0.2) is 6.07 Å². The van der Waals surface area contributed by atoms with E-state index in [1.807, 2.05) is 13.1 Å².